The standard InChI is InChI=1S/C13H21FO2/c1-8(2)12(14)9(3)10(4)16-13(15)11-6-5-7-11/h8,11-12H,5-7H2,1-4H3/b10-9+. The summed E-state index contributed by atoms with van der Waals surface area (Å²) in [6, 6.07) is 0. The van der Waals surface area contributed by atoms with Crippen LogP contribution in [0.25, 0.3) is 0 Å². The van der Waals surface area contributed by atoms with E-state index in [1.165, 1.54) is 0 Å². The molecule has 0 aromatic heterocycles. The van der Waals surface area contributed by atoms with Crippen molar-refractivity contribution in [2.45, 2.75) is 53.1 Å². The molecule has 92 valence electrons. The summed E-state index contributed by atoms with van der Waals surface area (Å²) in [7, 11) is 0. The maximum absolute atomic E-state index is 13.7. The van der Waals surface area contributed by atoms with Gasteiger partial charge in [0.05, 0.1) is 5.92 Å². The van der Waals surface area contributed by atoms with E-state index in [-0.39, 0.29) is 17.8 Å². The van der Waals surface area contributed by atoms with Gasteiger partial charge in [-0.15, -0.1) is 0 Å². The Bertz CT molecular complexity index is 290. The predicted molar refractivity (Wildman–Crippen MR) is 61.5 cm³/mol. The van der Waals surface area contributed by atoms with Crippen LogP contribution in [0.15, 0.2) is 11.3 Å². The lowest BCUT2D eigenvalue weighted by Crippen LogP contribution is -2.24. The van der Waals surface area contributed by atoms with Gasteiger partial charge in [0.2, 0.25) is 0 Å². The van der Waals surface area contributed by atoms with Gasteiger partial charge in [0.1, 0.15) is 11.9 Å². The second-order valence-electron chi connectivity index (χ2n) is 4.93. The van der Waals surface area contributed by atoms with Crippen LogP contribution in [0, 0.1) is 11.8 Å². The Labute approximate surface area is 96.9 Å². The first-order valence-corrected chi connectivity index (χ1v) is 5.96. The normalized spacial score (nSPS) is 20.1. The molecule has 3 heteroatoms. The van der Waals surface area contributed by atoms with E-state index in [4.69, 9.17) is 4.74 Å². The van der Waals surface area contributed by atoms with Gasteiger partial charge in [-0.05, 0) is 38.2 Å². The first kappa shape index (κ1) is 13.2. The second-order valence-corrected chi connectivity index (χ2v) is 4.93. The smallest absolute Gasteiger partial charge is 0.313 e. The van der Waals surface area contributed by atoms with Crippen molar-refractivity contribution in [1.29, 1.82) is 0 Å². The molecule has 0 aliphatic heterocycles. The number of hydrogen-bond donors (Lipinski definition) is 0. The minimum absolute atomic E-state index is 0.0415. The lowest BCUT2D eigenvalue weighted by atomic mass is 9.86. The van der Waals surface area contributed by atoms with Gasteiger partial charge in [-0.1, -0.05) is 20.3 Å². The lowest BCUT2D eigenvalue weighted by Gasteiger charge is -2.24. The van der Waals surface area contributed by atoms with Crippen LogP contribution in [0.5, 0.6) is 0 Å². The molecule has 0 amide bonds. The van der Waals surface area contributed by atoms with Gasteiger partial charge in [-0.25, -0.2) is 4.39 Å². The Kier molecular flexibility index (Phi) is 4.51. The van der Waals surface area contributed by atoms with Crippen molar-refractivity contribution in [1.82, 2.24) is 0 Å². The zero-order chi connectivity index (χ0) is 12.3. The van der Waals surface area contributed by atoms with E-state index in [0.717, 1.165) is 19.3 Å². The molecule has 1 unspecified atom stereocenters. The Balaban J connectivity index is 2.57. The average Bonchev–Trinajstić information content (AvgIpc) is 2.12. The number of halogens is 1. The largest absolute Gasteiger partial charge is 0.431 e. The van der Waals surface area contributed by atoms with Gasteiger partial charge in [0.25, 0.3) is 0 Å². The van der Waals surface area contributed by atoms with Crippen LogP contribution in [0.3, 0.4) is 0 Å². The molecule has 0 spiro atoms. The molecule has 1 aliphatic rings. The zero-order valence-electron chi connectivity index (χ0n) is 10.5. The molecule has 0 bridgehead atoms. The Morgan fingerprint density at radius 1 is 1.31 bits per heavy atom. The van der Waals surface area contributed by atoms with Crippen LogP contribution in [-0.4, -0.2) is 12.1 Å². The number of ether oxygens (including phenoxy) is 1. The van der Waals surface area contributed by atoms with Gasteiger partial charge in [-0.2, -0.15) is 0 Å². The van der Waals surface area contributed by atoms with Gasteiger partial charge >= 0.3 is 5.97 Å². The van der Waals surface area contributed by atoms with Crippen LogP contribution < -0.4 is 0 Å². The van der Waals surface area contributed by atoms with E-state index >= 15 is 0 Å². The first-order chi connectivity index (χ1) is 7.43. The molecule has 16 heavy (non-hydrogen) atoms. The first-order valence-electron chi connectivity index (χ1n) is 5.96. The molecule has 1 fully saturated rings. The monoisotopic (exact) mass is 228 g/mol. The molecule has 1 rings (SSSR count). The summed E-state index contributed by atoms with van der Waals surface area (Å²) in [5, 5.41) is 0. The van der Waals surface area contributed by atoms with Crippen molar-refractivity contribution < 1.29 is 13.9 Å². The maximum atomic E-state index is 13.7. The zero-order valence-corrected chi connectivity index (χ0v) is 10.5. The van der Waals surface area contributed by atoms with E-state index in [2.05, 4.69) is 0 Å². The van der Waals surface area contributed by atoms with Crippen molar-refractivity contribution in [2.75, 3.05) is 0 Å². The number of allylic oxidation sites excluding steroid dienone is 2. The van der Waals surface area contributed by atoms with Crippen molar-refractivity contribution in [3.05, 3.63) is 11.3 Å². The van der Waals surface area contributed by atoms with Crippen LogP contribution in [-0.2, 0) is 9.53 Å². The van der Waals surface area contributed by atoms with E-state index in [9.17, 15) is 9.18 Å². The molecule has 1 aliphatic carbocycles. The van der Waals surface area contributed by atoms with Crippen LogP contribution in [0.2, 0.25) is 0 Å². The Morgan fingerprint density at radius 3 is 2.25 bits per heavy atom. The maximum Gasteiger partial charge on any atom is 0.313 e. The molecular formula is C13H21FO2. The number of hydrogen-bond acceptors (Lipinski definition) is 2. The van der Waals surface area contributed by atoms with Gasteiger partial charge in [0, 0.05) is 0 Å². The molecule has 2 nitrogen and oxygen atoms in total. The fourth-order valence-electron chi connectivity index (χ4n) is 1.65. The van der Waals surface area contributed by atoms with Gasteiger partial charge in [0.15, 0.2) is 0 Å². The van der Waals surface area contributed by atoms with Crippen molar-refractivity contribution in [2.24, 2.45) is 11.8 Å². The highest BCUT2D eigenvalue weighted by Gasteiger charge is 2.28. The van der Waals surface area contributed by atoms with Crippen molar-refractivity contribution >= 4 is 5.97 Å². The van der Waals surface area contributed by atoms with Gasteiger partial charge in [-0.3, -0.25) is 4.79 Å². The Hall–Kier alpha value is -0.860. The van der Waals surface area contributed by atoms with E-state index < -0.39 is 6.17 Å². The minimum atomic E-state index is -1.03. The highest BCUT2D eigenvalue weighted by molar-refractivity contribution is 5.74. The Morgan fingerprint density at radius 2 is 1.88 bits per heavy atom. The summed E-state index contributed by atoms with van der Waals surface area (Å²) >= 11 is 0. The van der Waals surface area contributed by atoms with E-state index in [0.29, 0.717) is 11.3 Å². The fourth-order valence-corrected chi connectivity index (χ4v) is 1.65. The second kappa shape index (κ2) is 5.46. The predicted octanol–water partition coefficient (Wildman–Crippen LogP) is 3.62. The number of carbonyl (C=O) groups is 1. The SMILES string of the molecule is C/C(OC(=O)C1CCC1)=C(/C)C(F)C(C)C. The van der Waals surface area contributed by atoms with Crippen molar-refractivity contribution in [3.8, 4) is 0 Å². The summed E-state index contributed by atoms with van der Waals surface area (Å²) in [6.45, 7) is 6.99. The number of alkyl halides is 1. The lowest BCUT2D eigenvalue weighted by molar-refractivity contribution is -0.147. The molecule has 0 aromatic carbocycles. The number of esters is 1. The number of carbonyl (C=O) groups excluding carboxylic acids is 1. The average molecular weight is 228 g/mol. The van der Waals surface area contributed by atoms with Crippen molar-refractivity contribution in [3.63, 3.8) is 0 Å². The van der Waals surface area contributed by atoms with E-state index in [1.807, 2.05) is 13.8 Å². The molecule has 1 atom stereocenters. The molecular weight excluding hydrogens is 207 g/mol. The quantitative estimate of drug-likeness (QED) is 0.542. The third-order valence-electron chi connectivity index (χ3n) is 3.25. The molecule has 0 saturated heterocycles. The summed E-state index contributed by atoms with van der Waals surface area (Å²) in [6.07, 6.45) is 1.89. The van der Waals surface area contributed by atoms with Gasteiger partial charge < -0.3 is 4.74 Å². The van der Waals surface area contributed by atoms with Crippen LogP contribution in [0.4, 0.5) is 4.39 Å². The third kappa shape index (κ3) is 3.06. The molecule has 0 N–H and O–H groups in total. The number of rotatable bonds is 4. The summed E-state index contributed by atoms with van der Waals surface area (Å²) in [4.78, 5) is 11.6. The summed E-state index contributed by atoms with van der Waals surface area (Å²) < 4.78 is 18.9. The summed E-state index contributed by atoms with van der Waals surface area (Å²) in [5.74, 6) is 0.189. The fraction of sp³-hybridized carbons (Fsp3) is 0.769. The highest BCUT2D eigenvalue weighted by Crippen LogP contribution is 2.29. The topological polar surface area (TPSA) is 26.3 Å². The van der Waals surface area contributed by atoms with Crippen LogP contribution in [0.1, 0.15) is 47.0 Å². The molecule has 0 aromatic rings. The van der Waals surface area contributed by atoms with E-state index in [1.54, 1.807) is 13.8 Å². The molecule has 0 heterocycles. The third-order valence-corrected chi connectivity index (χ3v) is 3.25. The summed E-state index contributed by atoms with van der Waals surface area (Å²) in [5.41, 5.74) is 0.530. The highest BCUT2D eigenvalue weighted by atomic mass is 19.1. The molecule has 1 saturated carbocycles. The minimum Gasteiger partial charge on any atom is -0.431 e. The molecule has 0 radical (unpaired) electrons. The van der Waals surface area contributed by atoms with Crippen LogP contribution >= 0.6 is 0 Å².